The van der Waals surface area contributed by atoms with E-state index in [-0.39, 0.29) is 0 Å². The predicted molar refractivity (Wildman–Crippen MR) is 129 cm³/mol. The number of hydrogen-bond donors (Lipinski definition) is 0. The molecule has 0 fully saturated rings. The highest BCUT2D eigenvalue weighted by Crippen LogP contribution is 2.44. The summed E-state index contributed by atoms with van der Waals surface area (Å²) in [5.74, 6) is 0.185. The summed E-state index contributed by atoms with van der Waals surface area (Å²) < 4.78 is 22.5. The van der Waals surface area contributed by atoms with E-state index < -0.39 is 24.1 Å². The summed E-state index contributed by atoms with van der Waals surface area (Å²) in [5.41, 5.74) is 0. The van der Waals surface area contributed by atoms with E-state index in [1.807, 2.05) is 44.2 Å². The van der Waals surface area contributed by atoms with Gasteiger partial charge in [-0.15, -0.1) is 0 Å². The Bertz CT molecular complexity index is 1140. The Hall–Kier alpha value is -2.99. The molecule has 0 N–H and O–H groups in total. The number of hydrogen-bond acceptors (Lipinski definition) is 6. The largest absolute Gasteiger partial charge is 0.477 e. The van der Waals surface area contributed by atoms with Crippen LogP contribution in [-0.4, -0.2) is 38.4 Å². The van der Waals surface area contributed by atoms with Crippen molar-refractivity contribution in [2.45, 2.75) is 51.7 Å². The fraction of sp³-hybridized carbons (Fsp3) is 0.385. The van der Waals surface area contributed by atoms with Crippen molar-refractivity contribution in [1.29, 1.82) is 0 Å². The van der Waals surface area contributed by atoms with Crippen molar-refractivity contribution >= 4 is 45.1 Å². The first kappa shape index (κ1) is 24.6. The highest BCUT2D eigenvalue weighted by atomic mass is 35.5. The molecule has 0 amide bonds. The van der Waals surface area contributed by atoms with Crippen LogP contribution in [0.15, 0.2) is 42.5 Å². The molecule has 2 unspecified atom stereocenters. The molecule has 0 bridgehead atoms. The van der Waals surface area contributed by atoms with Crippen LogP contribution in [0, 0.1) is 0 Å². The molecule has 7 heteroatoms. The molecule has 176 valence electrons. The maximum absolute atomic E-state index is 12.4. The molecule has 6 nitrogen and oxygen atoms in total. The zero-order valence-electron chi connectivity index (χ0n) is 19.4. The van der Waals surface area contributed by atoms with Gasteiger partial charge < -0.3 is 18.9 Å². The highest BCUT2D eigenvalue weighted by Gasteiger charge is 2.27. The molecule has 2 atom stereocenters. The number of ether oxygens (including phenoxy) is 4. The first-order chi connectivity index (χ1) is 15.9. The van der Waals surface area contributed by atoms with Crippen molar-refractivity contribution in [3.63, 3.8) is 0 Å². The number of carbonyl (C=O) groups is 2. The average Bonchev–Trinajstić information content (AvgIpc) is 2.83. The molecule has 3 rings (SSSR count). The summed E-state index contributed by atoms with van der Waals surface area (Å²) in [5, 5.41) is 3.41. The summed E-state index contributed by atoms with van der Waals surface area (Å²) in [6.45, 7) is 3.96. The van der Waals surface area contributed by atoms with Crippen molar-refractivity contribution in [2.75, 3.05) is 14.2 Å². The molecule has 0 heterocycles. The summed E-state index contributed by atoms with van der Waals surface area (Å²) in [4.78, 5) is 24.8. The van der Waals surface area contributed by atoms with Crippen LogP contribution >= 0.6 is 11.6 Å². The number of fused-ring (bicyclic) bond motifs is 2. The average molecular weight is 473 g/mol. The Balaban J connectivity index is 2.27. The van der Waals surface area contributed by atoms with Gasteiger partial charge in [-0.1, -0.05) is 62.6 Å². The number of rotatable bonds is 10. The first-order valence-corrected chi connectivity index (χ1v) is 11.5. The molecule has 0 aliphatic rings. The van der Waals surface area contributed by atoms with Crippen LogP contribution in [0.3, 0.4) is 0 Å². The van der Waals surface area contributed by atoms with Crippen molar-refractivity contribution in [3.8, 4) is 11.5 Å². The third-order valence-corrected chi connectivity index (χ3v) is 5.67. The lowest BCUT2D eigenvalue weighted by molar-refractivity contribution is -0.149. The third-order valence-electron chi connectivity index (χ3n) is 5.44. The van der Waals surface area contributed by atoms with Gasteiger partial charge in [-0.3, -0.25) is 0 Å². The number of methoxy groups -OCH3 is 2. The van der Waals surface area contributed by atoms with E-state index in [1.165, 1.54) is 14.2 Å². The molecule has 33 heavy (non-hydrogen) atoms. The van der Waals surface area contributed by atoms with Gasteiger partial charge in [0.1, 0.15) is 11.5 Å². The second-order valence-corrected chi connectivity index (χ2v) is 8.17. The van der Waals surface area contributed by atoms with E-state index >= 15 is 0 Å². The minimum absolute atomic E-state index is 0.433. The molecule has 3 aromatic rings. The van der Waals surface area contributed by atoms with E-state index in [0.717, 1.165) is 29.0 Å². The number of halogens is 1. The van der Waals surface area contributed by atoms with E-state index in [4.69, 9.17) is 30.5 Å². The van der Waals surface area contributed by atoms with Crippen LogP contribution < -0.4 is 9.47 Å². The van der Waals surface area contributed by atoms with Crippen LogP contribution in [0.1, 0.15) is 39.5 Å². The highest BCUT2D eigenvalue weighted by molar-refractivity contribution is 6.31. The van der Waals surface area contributed by atoms with Crippen molar-refractivity contribution in [1.82, 2.24) is 0 Å². The van der Waals surface area contributed by atoms with Crippen LogP contribution in [0.25, 0.3) is 21.5 Å². The van der Waals surface area contributed by atoms with Gasteiger partial charge >= 0.3 is 11.9 Å². The normalized spacial score (nSPS) is 12.9. The van der Waals surface area contributed by atoms with Gasteiger partial charge in [-0.2, -0.15) is 0 Å². The lowest BCUT2D eigenvalue weighted by atomic mass is 10.00. The zero-order chi connectivity index (χ0) is 24.0. The Morgan fingerprint density at radius 2 is 1.21 bits per heavy atom. The van der Waals surface area contributed by atoms with Crippen LogP contribution in [0.5, 0.6) is 11.5 Å². The summed E-state index contributed by atoms with van der Waals surface area (Å²) >= 11 is 6.35. The smallest absolute Gasteiger partial charge is 0.347 e. The quantitative estimate of drug-likeness (QED) is 0.263. The Labute approximate surface area is 198 Å². The van der Waals surface area contributed by atoms with Gasteiger partial charge in [0.05, 0.1) is 14.2 Å². The van der Waals surface area contributed by atoms with Gasteiger partial charge in [0.15, 0.2) is 12.2 Å². The third kappa shape index (κ3) is 5.33. The van der Waals surface area contributed by atoms with Crippen LogP contribution in [0.4, 0.5) is 0 Å². The summed E-state index contributed by atoms with van der Waals surface area (Å²) in [7, 11) is 2.70. The fourth-order valence-corrected chi connectivity index (χ4v) is 4.02. The van der Waals surface area contributed by atoms with Gasteiger partial charge in [0, 0.05) is 26.6 Å². The van der Waals surface area contributed by atoms with E-state index in [9.17, 15) is 9.59 Å². The van der Waals surface area contributed by atoms with E-state index in [1.54, 1.807) is 12.1 Å². The minimum atomic E-state index is -0.764. The molecular weight excluding hydrogens is 444 g/mol. The van der Waals surface area contributed by atoms with Crippen LogP contribution in [0.2, 0.25) is 5.02 Å². The number of benzene rings is 3. The lowest BCUT2D eigenvalue weighted by Gasteiger charge is -2.23. The van der Waals surface area contributed by atoms with Gasteiger partial charge in [0.25, 0.3) is 0 Å². The fourth-order valence-electron chi connectivity index (χ4n) is 3.85. The molecule has 0 radical (unpaired) electrons. The second kappa shape index (κ2) is 11.2. The zero-order valence-corrected chi connectivity index (χ0v) is 20.1. The minimum Gasteiger partial charge on any atom is -0.477 e. The Morgan fingerprint density at radius 3 is 1.67 bits per heavy atom. The molecule has 0 saturated carbocycles. The second-order valence-electron chi connectivity index (χ2n) is 7.73. The topological polar surface area (TPSA) is 71.1 Å². The molecule has 0 saturated heterocycles. The monoisotopic (exact) mass is 472 g/mol. The molecule has 0 spiro atoms. The summed E-state index contributed by atoms with van der Waals surface area (Å²) in [6, 6.07) is 12.9. The van der Waals surface area contributed by atoms with Crippen LogP contribution in [-0.2, 0) is 19.1 Å². The molecular formula is C26H29ClO6. The number of esters is 2. The molecule has 3 aromatic carbocycles. The predicted octanol–water partition coefficient (Wildman–Crippen LogP) is 6.09. The van der Waals surface area contributed by atoms with Crippen molar-refractivity contribution in [3.05, 3.63) is 47.5 Å². The van der Waals surface area contributed by atoms with Gasteiger partial charge in [-0.05, 0) is 31.0 Å². The Morgan fingerprint density at radius 1 is 0.758 bits per heavy atom. The maximum Gasteiger partial charge on any atom is 0.347 e. The standard InChI is InChI=1S/C26H29ClO6/c1-5-9-21(25(28)30-3)32-23-17-11-7-8-12-18(17)24(20-15-16(27)13-14-19(20)23)33-22(10-6-2)26(29)31-4/h7-8,11-15,21-22H,5-6,9-10H2,1-4H3. The van der Waals surface area contributed by atoms with E-state index in [2.05, 4.69) is 0 Å². The molecule has 0 aliphatic carbocycles. The molecule has 0 aliphatic heterocycles. The number of carbonyl (C=O) groups excluding carboxylic acids is 2. The Kier molecular flexibility index (Phi) is 8.39. The SMILES string of the molecule is CCCC(Oc1c2ccccc2c(OC(CCC)C(=O)OC)c2cc(Cl)ccc12)C(=O)OC. The lowest BCUT2D eigenvalue weighted by Crippen LogP contribution is -2.29. The summed E-state index contributed by atoms with van der Waals surface area (Å²) in [6.07, 6.45) is 0.991. The molecule has 0 aromatic heterocycles. The van der Waals surface area contributed by atoms with Crippen molar-refractivity contribution in [2.24, 2.45) is 0 Å². The maximum atomic E-state index is 12.4. The first-order valence-electron chi connectivity index (χ1n) is 11.1. The van der Waals surface area contributed by atoms with Crippen molar-refractivity contribution < 1.29 is 28.5 Å². The van der Waals surface area contributed by atoms with E-state index in [0.29, 0.717) is 34.7 Å². The van der Waals surface area contributed by atoms with Gasteiger partial charge in [-0.25, -0.2) is 9.59 Å². The van der Waals surface area contributed by atoms with Gasteiger partial charge in [0.2, 0.25) is 0 Å².